The van der Waals surface area contributed by atoms with Gasteiger partial charge >= 0.3 is 0 Å². The van der Waals surface area contributed by atoms with E-state index in [0.717, 1.165) is 12.1 Å². The fourth-order valence-electron chi connectivity index (χ4n) is 2.43. The molecule has 1 aliphatic rings. The Kier molecular flexibility index (Phi) is 4.76. The maximum atomic E-state index is 11.6. The van der Waals surface area contributed by atoms with E-state index >= 15 is 0 Å². The van der Waals surface area contributed by atoms with E-state index < -0.39 is 0 Å². The molecule has 0 aliphatic heterocycles. The predicted octanol–water partition coefficient (Wildman–Crippen LogP) is 2.47. The molecule has 1 saturated carbocycles. The number of hydrogen-bond donors (Lipinski definition) is 2. The molecule has 1 amide bonds. The van der Waals surface area contributed by atoms with E-state index in [9.17, 15) is 4.79 Å². The first-order chi connectivity index (χ1) is 8.79. The van der Waals surface area contributed by atoms with Crippen LogP contribution in [0.1, 0.15) is 48.5 Å². The van der Waals surface area contributed by atoms with Gasteiger partial charge in [-0.3, -0.25) is 4.79 Å². The first kappa shape index (κ1) is 13.1. The molecule has 1 aromatic carbocycles. The summed E-state index contributed by atoms with van der Waals surface area (Å²) in [6.45, 7) is 3.50. The summed E-state index contributed by atoms with van der Waals surface area (Å²) >= 11 is 0. The SMILES string of the molecule is CCNC(=O)c1ccc(CNC2CCCC2)cc1. The van der Waals surface area contributed by atoms with Crippen LogP contribution >= 0.6 is 0 Å². The Balaban J connectivity index is 1.85. The van der Waals surface area contributed by atoms with Crippen LogP contribution in [0.15, 0.2) is 24.3 Å². The fourth-order valence-corrected chi connectivity index (χ4v) is 2.43. The number of benzene rings is 1. The average Bonchev–Trinajstić information content (AvgIpc) is 2.90. The molecule has 0 aromatic heterocycles. The van der Waals surface area contributed by atoms with Crippen molar-refractivity contribution in [2.45, 2.75) is 45.2 Å². The molecule has 0 bridgehead atoms. The lowest BCUT2D eigenvalue weighted by Gasteiger charge is -2.11. The Morgan fingerprint density at radius 3 is 2.50 bits per heavy atom. The van der Waals surface area contributed by atoms with Gasteiger partial charge in [0, 0.05) is 24.7 Å². The highest BCUT2D eigenvalue weighted by Gasteiger charge is 2.13. The number of nitrogens with one attached hydrogen (secondary N) is 2. The molecule has 0 unspecified atom stereocenters. The van der Waals surface area contributed by atoms with Crippen molar-refractivity contribution >= 4 is 5.91 Å². The standard InChI is InChI=1S/C15H22N2O/c1-2-16-15(18)13-9-7-12(8-10-13)11-17-14-5-3-4-6-14/h7-10,14,17H,2-6,11H2,1H3,(H,16,18). The van der Waals surface area contributed by atoms with E-state index in [4.69, 9.17) is 0 Å². The smallest absolute Gasteiger partial charge is 0.251 e. The molecule has 18 heavy (non-hydrogen) atoms. The molecule has 3 heteroatoms. The number of hydrogen-bond acceptors (Lipinski definition) is 2. The molecule has 2 N–H and O–H groups in total. The summed E-state index contributed by atoms with van der Waals surface area (Å²) in [7, 11) is 0. The maximum Gasteiger partial charge on any atom is 0.251 e. The fraction of sp³-hybridized carbons (Fsp3) is 0.533. The van der Waals surface area contributed by atoms with Gasteiger partial charge in [-0.15, -0.1) is 0 Å². The van der Waals surface area contributed by atoms with E-state index in [2.05, 4.69) is 10.6 Å². The number of rotatable bonds is 5. The lowest BCUT2D eigenvalue weighted by Crippen LogP contribution is -2.25. The van der Waals surface area contributed by atoms with Crippen LogP contribution in [0.2, 0.25) is 0 Å². The number of amides is 1. The molecule has 1 fully saturated rings. The van der Waals surface area contributed by atoms with Crippen LogP contribution in [0.5, 0.6) is 0 Å². The molecule has 0 saturated heterocycles. The van der Waals surface area contributed by atoms with Crippen molar-refractivity contribution in [2.75, 3.05) is 6.54 Å². The van der Waals surface area contributed by atoms with Gasteiger partial charge in [0.05, 0.1) is 0 Å². The highest BCUT2D eigenvalue weighted by Crippen LogP contribution is 2.18. The zero-order chi connectivity index (χ0) is 12.8. The average molecular weight is 246 g/mol. The van der Waals surface area contributed by atoms with Crippen LogP contribution in [-0.2, 0) is 6.54 Å². The van der Waals surface area contributed by atoms with Crippen LogP contribution in [0.3, 0.4) is 0 Å². The van der Waals surface area contributed by atoms with Gasteiger partial charge in [-0.25, -0.2) is 0 Å². The van der Waals surface area contributed by atoms with Crippen molar-refractivity contribution in [3.8, 4) is 0 Å². The summed E-state index contributed by atoms with van der Waals surface area (Å²) in [5, 5.41) is 6.37. The predicted molar refractivity (Wildman–Crippen MR) is 73.5 cm³/mol. The quantitative estimate of drug-likeness (QED) is 0.838. The highest BCUT2D eigenvalue weighted by molar-refractivity contribution is 5.94. The minimum Gasteiger partial charge on any atom is -0.352 e. The highest BCUT2D eigenvalue weighted by atomic mass is 16.1. The van der Waals surface area contributed by atoms with Gasteiger partial charge in [0.1, 0.15) is 0 Å². The molecule has 0 atom stereocenters. The van der Waals surface area contributed by atoms with Gasteiger partial charge < -0.3 is 10.6 Å². The lowest BCUT2D eigenvalue weighted by atomic mass is 10.1. The summed E-state index contributed by atoms with van der Waals surface area (Å²) in [6.07, 6.45) is 5.32. The van der Waals surface area contributed by atoms with Crippen LogP contribution in [0.4, 0.5) is 0 Å². The summed E-state index contributed by atoms with van der Waals surface area (Å²) < 4.78 is 0. The second-order valence-corrected chi connectivity index (χ2v) is 4.92. The van der Waals surface area contributed by atoms with Gasteiger partial charge in [-0.1, -0.05) is 25.0 Å². The van der Waals surface area contributed by atoms with Crippen LogP contribution < -0.4 is 10.6 Å². The summed E-state index contributed by atoms with van der Waals surface area (Å²) in [4.78, 5) is 11.6. The van der Waals surface area contributed by atoms with Crippen molar-refractivity contribution in [2.24, 2.45) is 0 Å². The van der Waals surface area contributed by atoms with Crippen LogP contribution in [0, 0.1) is 0 Å². The summed E-state index contributed by atoms with van der Waals surface area (Å²) in [6, 6.07) is 8.56. The molecule has 3 nitrogen and oxygen atoms in total. The van der Waals surface area contributed by atoms with Crippen LogP contribution in [0.25, 0.3) is 0 Å². The lowest BCUT2D eigenvalue weighted by molar-refractivity contribution is 0.0956. The minimum atomic E-state index is 0.00722. The third-order valence-electron chi connectivity index (χ3n) is 3.50. The Bertz CT molecular complexity index is 380. The normalized spacial score (nSPS) is 15.8. The first-order valence-electron chi connectivity index (χ1n) is 6.90. The van der Waals surface area contributed by atoms with Crippen molar-refractivity contribution < 1.29 is 4.79 Å². The summed E-state index contributed by atoms with van der Waals surface area (Å²) in [5.41, 5.74) is 1.98. The third kappa shape index (κ3) is 3.57. The zero-order valence-electron chi connectivity index (χ0n) is 11.0. The van der Waals surface area contributed by atoms with Crippen LogP contribution in [-0.4, -0.2) is 18.5 Å². The Hall–Kier alpha value is -1.35. The molecule has 98 valence electrons. The third-order valence-corrected chi connectivity index (χ3v) is 3.50. The Morgan fingerprint density at radius 1 is 1.22 bits per heavy atom. The van der Waals surface area contributed by atoms with Gasteiger partial charge in [-0.2, -0.15) is 0 Å². The van der Waals surface area contributed by atoms with Crippen molar-refractivity contribution in [3.63, 3.8) is 0 Å². The first-order valence-corrected chi connectivity index (χ1v) is 6.90. The molecule has 0 radical (unpaired) electrons. The second-order valence-electron chi connectivity index (χ2n) is 4.92. The molecule has 1 aromatic rings. The topological polar surface area (TPSA) is 41.1 Å². The number of carbonyl (C=O) groups is 1. The molecule has 2 rings (SSSR count). The molecule has 0 spiro atoms. The van der Waals surface area contributed by atoms with Crippen molar-refractivity contribution in [1.29, 1.82) is 0 Å². The largest absolute Gasteiger partial charge is 0.352 e. The summed E-state index contributed by atoms with van der Waals surface area (Å²) in [5.74, 6) is 0.00722. The molecular weight excluding hydrogens is 224 g/mol. The molecule has 1 aliphatic carbocycles. The second kappa shape index (κ2) is 6.55. The zero-order valence-corrected chi connectivity index (χ0v) is 11.0. The van der Waals surface area contributed by atoms with Gasteiger partial charge in [0.2, 0.25) is 0 Å². The Labute approximate surface area is 109 Å². The monoisotopic (exact) mass is 246 g/mol. The van der Waals surface area contributed by atoms with Crippen molar-refractivity contribution in [3.05, 3.63) is 35.4 Å². The van der Waals surface area contributed by atoms with E-state index in [1.165, 1.54) is 31.2 Å². The molecular formula is C15H22N2O. The van der Waals surface area contributed by atoms with E-state index in [-0.39, 0.29) is 5.91 Å². The van der Waals surface area contributed by atoms with Gasteiger partial charge in [0.15, 0.2) is 0 Å². The number of carbonyl (C=O) groups excluding carboxylic acids is 1. The maximum absolute atomic E-state index is 11.6. The molecule has 0 heterocycles. The van der Waals surface area contributed by atoms with E-state index in [1.807, 2.05) is 31.2 Å². The van der Waals surface area contributed by atoms with Gasteiger partial charge in [0.25, 0.3) is 5.91 Å². The van der Waals surface area contributed by atoms with E-state index in [0.29, 0.717) is 12.6 Å². The van der Waals surface area contributed by atoms with Crippen molar-refractivity contribution in [1.82, 2.24) is 10.6 Å². The van der Waals surface area contributed by atoms with Gasteiger partial charge in [-0.05, 0) is 37.5 Å². The minimum absolute atomic E-state index is 0.00722. The van der Waals surface area contributed by atoms with E-state index in [1.54, 1.807) is 0 Å². The Morgan fingerprint density at radius 2 is 1.89 bits per heavy atom.